The molecule has 0 aliphatic heterocycles. The maximum Gasteiger partial charge on any atom is 0.362 e. The third-order valence-corrected chi connectivity index (χ3v) is 8.12. The van der Waals surface area contributed by atoms with Crippen LogP contribution in [0.3, 0.4) is 0 Å². The maximum absolute atomic E-state index is 12.6. The van der Waals surface area contributed by atoms with Crippen molar-refractivity contribution in [3.05, 3.63) is 36.5 Å². The summed E-state index contributed by atoms with van der Waals surface area (Å²) in [5, 5.41) is 9.56. The Morgan fingerprint density at radius 1 is 0.660 bits per heavy atom. The second kappa shape index (κ2) is 30.9. The molecule has 0 spiro atoms. The van der Waals surface area contributed by atoms with Crippen LogP contribution >= 0.6 is 0 Å². The first kappa shape index (κ1) is 44.5. The average Bonchev–Trinajstić information content (AvgIpc) is 3.01. The molecule has 8 nitrogen and oxygen atoms in total. The Bertz CT molecular complexity index is 875. The van der Waals surface area contributed by atoms with Crippen LogP contribution in [0.15, 0.2) is 36.5 Å². The Morgan fingerprint density at radius 2 is 1.19 bits per heavy atom. The Kier molecular flexibility index (Phi) is 29.2. The Balaban J connectivity index is 4.39. The Labute approximate surface area is 287 Å². The number of carbonyl (C=O) groups excluding carboxylic acids is 2. The molecule has 0 amide bonds. The predicted octanol–water partition coefficient (Wildman–Crippen LogP) is 9.13. The smallest absolute Gasteiger partial charge is 0.362 e. The molecule has 0 aliphatic rings. The number of likely N-dealkylation sites (N-methyl/N-ethyl adjacent to an activating group) is 1. The molecule has 0 aromatic heterocycles. The molecule has 0 saturated heterocycles. The third kappa shape index (κ3) is 29.4. The van der Waals surface area contributed by atoms with E-state index in [-0.39, 0.29) is 36.2 Å². The van der Waals surface area contributed by atoms with E-state index >= 15 is 0 Å². The van der Waals surface area contributed by atoms with Crippen LogP contribution in [-0.2, 0) is 28.6 Å². The summed E-state index contributed by atoms with van der Waals surface area (Å²) in [5.41, 5.74) is 0. The van der Waals surface area contributed by atoms with Crippen molar-refractivity contribution in [2.45, 2.75) is 154 Å². The minimum Gasteiger partial charge on any atom is -0.477 e. The summed E-state index contributed by atoms with van der Waals surface area (Å²) in [7, 11) is 5.50. The summed E-state index contributed by atoms with van der Waals surface area (Å²) in [4.78, 5) is 36.6. The van der Waals surface area contributed by atoms with Gasteiger partial charge in [-0.1, -0.05) is 127 Å². The molecule has 1 N–H and O–H groups in total. The second-order valence-electron chi connectivity index (χ2n) is 13.5. The average molecular weight is 665 g/mol. The van der Waals surface area contributed by atoms with Gasteiger partial charge in [0, 0.05) is 19.3 Å². The van der Waals surface area contributed by atoms with Crippen LogP contribution in [0.1, 0.15) is 142 Å². The van der Waals surface area contributed by atoms with Crippen LogP contribution in [0, 0.1) is 0 Å². The molecule has 0 aromatic carbocycles. The quantitative estimate of drug-likeness (QED) is 0.0331. The number of carbonyl (C=O) groups is 3. The zero-order valence-corrected chi connectivity index (χ0v) is 30.7. The maximum atomic E-state index is 12.6. The monoisotopic (exact) mass is 665 g/mol. The van der Waals surface area contributed by atoms with Crippen LogP contribution in [0.4, 0.5) is 0 Å². The summed E-state index contributed by atoms with van der Waals surface area (Å²) in [5.74, 6) is -1.49. The number of carboxylic acid groups (broad SMARTS) is 1. The van der Waals surface area contributed by atoms with E-state index < -0.39 is 18.1 Å². The number of esters is 2. The number of allylic oxidation sites excluding steroid dienone is 6. The van der Waals surface area contributed by atoms with Crippen LogP contribution in [0.25, 0.3) is 0 Å². The number of unbranched alkanes of at least 4 members (excludes halogenated alkanes) is 14. The van der Waals surface area contributed by atoms with E-state index in [4.69, 9.17) is 14.2 Å². The summed E-state index contributed by atoms with van der Waals surface area (Å²) >= 11 is 0. The van der Waals surface area contributed by atoms with Crippen molar-refractivity contribution in [3.8, 4) is 0 Å². The van der Waals surface area contributed by atoms with Crippen molar-refractivity contribution < 1.29 is 38.2 Å². The van der Waals surface area contributed by atoms with Crippen molar-refractivity contribution in [2.75, 3.05) is 41.0 Å². The van der Waals surface area contributed by atoms with Crippen molar-refractivity contribution in [3.63, 3.8) is 0 Å². The van der Waals surface area contributed by atoms with E-state index in [1.165, 1.54) is 57.8 Å². The minimum absolute atomic E-state index is 0.0562. The van der Waals surface area contributed by atoms with Gasteiger partial charge in [0.2, 0.25) is 0 Å². The number of ether oxygens (including phenoxy) is 3. The number of quaternary nitrogens is 1. The van der Waals surface area contributed by atoms with E-state index in [2.05, 4.69) is 50.3 Å². The van der Waals surface area contributed by atoms with Crippen molar-refractivity contribution in [1.29, 1.82) is 0 Å². The fourth-order valence-corrected chi connectivity index (χ4v) is 5.21. The first-order valence-electron chi connectivity index (χ1n) is 18.6. The molecule has 0 bridgehead atoms. The molecule has 0 radical (unpaired) electrons. The van der Waals surface area contributed by atoms with E-state index in [1.54, 1.807) is 0 Å². The van der Waals surface area contributed by atoms with E-state index in [9.17, 15) is 19.5 Å². The lowest BCUT2D eigenvalue weighted by Crippen LogP contribution is -2.50. The van der Waals surface area contributed by atoms with Gasteiger partial charge < -0.3 is 23.8 Å². The summed E-state index contributed by atoms with van der Waals surface area (Å²) < 4.78 is 17.1. The predicted molar refractivity (Wildman–Crippen MR) is 192 cm³/mol. The first-order chi connectivity index (χ1) is 22.6. The van der Waals surface area contributed by atoms with Crippen molar-refractivity contribution in [2.24, 2.45) is 0 Å². The fourth-order valence-electron chi connectivity index (χ4n) is 5.21. The molecule has 0 rings (SSSR count). The molecular weight excluding hydrogens is 594 g/mol. The van der Waals surface area contributed by atoms with Gasteiger partial charge in [-0.2, -0.15) is 0 Å². The minimum atomic E-state index is -0.879. The van der Waals surface area contributed by atoms with Gasteiger partial charge in [0.15, 0.2) is 12.1 Å². The van der Waals surface area contributed by atoms with Gasteiger partial charge >= 0.3 is 17.9 Å². The highest BCUT2D eigenvalue weighted by molar-refractivity contribution is 5.72. The summed E-state index contributed by atoms with van der Waals surface area (Å²) in [6.07, 6.45) is 31.9. The van der Waals surface area contributed by atoms with E-state index in [0.717, 1.165) is 51.4 Å². The second-order valence-corrected chi connectivity index (χ2v) is 13.5. The molecule has 0 saturated carbocycles. The van der Waals surface area contributed by atoms with Crippen molar-refractivity contribution in [1.82, 2.24) is 0 Å². The van der Waals surface area contributed by atoms with Gasteiger partial charge in [-0.05, 0) is 32.1 Å². The van der Waals surface area contributed by atoms with Gasteiger partial charge in [-0.3, -0.25) is 9.59 Å². The fraction of sp³-hybridized carbons (Fsp3) is 0.769. The lowest BCUT2D eigenvalue weighted by Gasteiger charge is -2.31. The standard InChI is InChI=1S/C39H69NO7/c1-6-8-10-12-14-16-17-18-19-20-21-22-24-25-27-29-37(41)46-34-35(33-45-32-31-36(39(43)44)40(3,4)5)47-38(42)30-28-26-23-15-13-11-9-7-2/h8,10,12,14,16-17,35-36H,6-7,9,11,13,15,18-34H2,1-5H3/p+1/b10-8+,14-12+,17-16+. The largest absolute Gasteiger partial charge is 0.477 e. The highest BCUT2D eigenvalue weighted by atomic mass is 16.6. The third-order valence-electron chi connectivity index (χ3n) is 8.12. The molecule has 2 unspecified atom stereocenters. The van der Waals surface area contributed by atoms with E-state index in [0.29, 0.717) is 19.3 Å². The SMILES string of the molecule is CC/C=C/C=C/C=C/CCCCCCCCCC(=O)OCC(COCCC(C(=O)O)[N+](C)(C)C)OC(=O)CCCCCCCCCC. The molecule has 0 heterocycles. The normalized spacial score (nSPS) is 13.5. The number of hydrogen-bond donors (Lipinski definition) is 1. The molecule has 47 heavy (non-hydrogen) atoms. The molecular formula is C39H70NO7+. The number of aliphatic carboxylic acids is 1. The van der Waals surface area contributed by atoms with Gasteiger partial charge in [0.25, 0.3) is 0 Å². The first-order valence-corrected chi connectivity index (χ1v) is 18.6. The van der Waals surface area contributed by atoms with Gasteiger partial charge in [-0.15, -0.1) is 0 Å². The van der Waals surface area contributed by atoms with Crippen LogP contribution < -0.4 is 0 Å². The number of hydrogen-bond acceptors (Lipinski definition) is 6. The lowest BCUT2D eigenvalue weighted by molar-refractivity contribution is -0.887. The van der Waals surface area contributed by atoms with Crippen LogP contribution in [0.5, 0.6) is 0 Å². The molecule has 272 valence electrons. The van der Waals surface area contributed by atoms with Crippen LogP contribution in [-0.4, -0.2) is 80.6 Å². The van der Waals surface area contributed by atoms with Gasteiger partial charge in [0.1, 0.15) is 6.61 Å². The zero-order chi connectivity index (χ0) is 35.0. The lowest BCUT2D eigenvalue weighted by atomic mass is 10.1. The summed E-state index contributed by atoms with van der Waals surface area (Å²) in [6, 6.07) is -0.612. The number of rotatable bonds is 32. The van der Waals surface area contributed by atoms with Crippen LogP contribution in [0.2, 0.25) is 0 Å². The zero-order valence-electron chi connectivity index (χ0n) is 30.7. The Hall–Kier alpha value is -2.45. The molecule has 0 aliphatic carbocycles. The molecule has 0 aromatic rings. The number of carboxylic acids is 1. The molecule has 0 fully saturated rings. The molecule has 2 atom stereocenters. The number of nitrogens with zero attached hydrogens (tertiary/aromatic N) is 1. The topological polar surface area (TPSA) is 99.1 Å². The highest BCUT2D eigenvalue weighted by Crippen LogP contribution is 2.13. The molecule has 8 heteroatoms. The van der Waals surface area contributed by atoms with Gasteiger partial charge in [-0.25, -0.2) is 4.79 Å². The van der Waals surface area contributed by atoms with Gasteiger partial charge in [0.05, 0.1) is 34.4 Å². The highest BCUT2D eigenvalue weighted by Gasteiger charge is 2.31. The van der Waals surface area contributed by atoms with E-state index in [1.807, 2.05) is 21.1 Å². The van der Waals surface area contributed by atoms with Crippen molar-refractivity contribution >= 4 is 17.9 Å². The summed E-state index contributed by atoms with van der Waals surface area (Å²) in [6.45, 7) is 4.54. The Morgan fingerprint density at radius 3 is 1.74 bits per heavy atom.